The number of rotatable bonds is 3. The predicted octanol–water partition coefficient (Wildman–Crippen LogP) is 2.67. The molecule has 4 heteroatoms. The number of amides is 1. The molecule has 3 nitrogen and oxygen atoms in total. The van der Waals surface area contributed by atoms with Gasteiger partial charge in [-0.3, -0.25) is 9.78 Å². The molecule has 0 aromatic carbocycles. The van der Waals surface area contributed by atoms with Crippen molar-refractivity contribution in [2.24, 2.45) is 0 Å². The zero-order chi connectivity index (χ0) is 13.0. The topological polar surface area (TPSA) is 33.2 Å². The first kappa shape index (κ1) is 13.0. The van der Waals surface area contributed by atoms with Crippen molar-refractivity contribution in [2.75, 3.05) is 13.1 Å². The van der Waals surface area contributed by atoms with Crippen LogP contribution in [-0.4, -0.2) is 28.9 Å². The van der Waals surface area contributed by atoms with Crippen LogP contribution in [0.3, 0.4) is 0 Å². The van der Waals surface area contributed by atoms with Crippen molar-refractivity contribution in [3.63, 3.8) is 0 Å². The summed E-state index contributed by atoms with van der Waals surface area (Å²) in [5, 5.41) is 0. The summed E-state index contributed by atoms with van der Waals surface area (Å²) in [5.41, 5.74) is -0.878. The smallest absolute Gasteiger partial charge is 0.222 e. The Hall–Kier alpha value is -1.45. The molecule has 1 aliphatic heterocycles. The highest BCUT2D eigenvalue weighted by Crippen LogP contribution is 2.35. The highest BCUT2D eigenvalue weighted by molar-refractivity contribution is 5.76. The van der Waals surface area contributed by atoms with Crippen molar-refractivity contribution in [3.05, 3.63) is 30.1 Å². The molecule has 18 heavy (non-hydrogen) atoms. The molecule has 1 amide bonds. The van der Waals surface area contributed by atoms with Crippen LogP contribution in [0.4, 0.5) is 4.39 Å². The van der Waals surface area contributed by atoms with Crippen molar-refractivity contribution in [2.45, 2.75) is 38.3 Å². The van der Waals surface area contributed by atoms with Crippen LogP contribution in [0.25, 0.3) is 0 Å². The van der Waals surface area contributed by atoms with Crippen LogP contribution in [0.15, 0.2) is 24.4 Å². The van der Waals surface area contributed by atoms with Crippen LogP contribution < -0.4 is 0 Å². The van der Waals surface area contributed by atoms with Gasteiger partial charge in [-0.25, -0.2) is 4.39 Å². The number of pyridine rings is 1. The van der Waals surface area contributed by atoms with Gasteiger partial charge in [0.15, 0.2) is 5.67 Å². The van der Waals surface area contributed by atoms with E-state index < -0.39 is 5.67 Å². The molecule has 1 aromatic heterocycles. The van der Waals surface area contributed by atoms with E-state index in [4.69, 9.17) is 0 Å². The Morgan fingerprint density at radius 3 is 2.72 bits per heavy atom. The standard InChI is InChI=1S/C14H19FN2O/c1-2-5-13(18)17-10-7-14(15,8-11-17)12-6-3-4-9-16-12/h3-4,6,9H,2,5,7-8,10-11H2,1H3. The number of aromatic nitrogens is 1. The molecule has 0 unspecified atom stereocenters. The first-order valence-electron chi connectivity index (χ1n) is 6.54. The van der Waals surface area contributed by atoms with Crippen LogP contribution in [0.5, 0.6) is 0 Å². The molecule has 2 heterocycles. The lowest BCUT2D eigenvalue weighted by Gasteiger charge is -2.36. The number of carbonyl (C=O) groups is 1. The highest BCUT2D eigenvalue weighted by Gasteiger charge is 2.38. The Morgan fingerprint density at radius 1 is 1.44 bits per heavy atom. The van der Waals surface area contributed by atoms with Crippen molar-refractivity contribution in [1.29, 1.82) is 0 Å². The minimum atomic E-state index is -1.37. The summed E-state index contributed by atoms with van der Waals surface area (Å²) in [6.45, 7) is 2.97. The van der Waals surface area contributed by atoms with Gasteiger partial charge in [0, 0.05) is 38.5 Å². The summed E-state index contributed by atoms with van der Waals surface area (Å²) in [7, 11) is 0. The average molecular weight is 250 g/mol. The fraction of sp³-hybridized carbons (Fsp3) is 0.571. The lowest BCUT2D eigenvalue weighted by Crippen LogP contribution is -2.43. The van der Waals surface area contributed by atoms with Gasteiger partial charge in [-0.2, -0.15) is 0 Å². The van der Waals surface area contributed by atoms with E-state index in [9.17, 15) is 9.18 Å². The summed E-state index contributed by atoms with van der Waals surface area (Å²) in [6.07, 6.45) is 3.71. The maximum atomic E-state index is 14.7. The van der Waals surface area contributed by atoms with Crippen molar-refractivity contribution in [1.82, 2.24) is 9.88 Å². The second kappa shape index (κ2) is 5.46. The second-order valence-electron chi connectivity index (χ2n) is 4.81. The van der Waals surface area contributed by atoms with Crippen molar-refractivity contribution in [3.8, 4) is 0 Å². The fourth-order valence-electron chi connectivity index (χ4n) is 2.37. The zero-order valence-corrected chi connectivity index (χ0v) is 10.7. The van der Waals surface area contributed by atoms with Crippen LogP contribution in [0.2, 0.25) is 0 Å². The maximum absolute atomic E-state index is 14.7. The Balaban J connectivity index is 1.99. The van der Waals surface area contributed by atoms with Gasteiger partial charge in [-0.15, -0.1) is 0 Å². The van der Waals surface area contributed by atoms with Gasteiger partial charge in [0.25, 0.3) is 0 Å². The Bertz CT molecular complexity index is 400. The van der Waals surface area contributed by atoms with Crippen LogP contribution >= 0.6 is 0 Å². The van der Waals surface area contributed by atoms with Crippen molar-refractivity contribution >= 4 is 5.91 Å². The monoisotopic (exact) mass is 250 g/mol. The average Bonchev–Trinajstić information content (AvgIpc) is 2.41. The van der Waals surface area contributed by atoms with Gasteiger partial charge in [0.2, 0.25) is 5.91 Å². The Kier molecular flexibility index (Phi) is 3.94. The predicted molar refractivity (Wildman–Crippen MR) is 67.7 cm³/mol. The highest BCUT2D eigenvalue weighted by atomic mass is 19.1. The SMILES string of the molecule is CCCC(=O)N1CCC(F)(c2ccccn2)CC1. The summed E-state index contributed by atoms with van der Waals surface area (Å²) >= 11 is 0. The van der Waals surface area contributed by atoms with E-state index in [0.717, 1.165) is 6.42 Å². The third-order valence-electron chi connectivity index (χ3n) is 3.50. The molecular weight excluding hydrogens is 231 g/mol. The summed E-state index contributed by atoms with van der Waals surface area (Å²) in [4.78, 5) is 17.6. The Morgan fingerprint density at radius 2 is 2.17 bits per heavy atom. The lowest BCUT2D eigenvalue weighted by molar-refractivity contribution is -0.134. The number of halogens is 1. The molecule has 0 bridgehead atoms. The first-order chi connectivity index (χ1) is 8.65. The molecule has 0 saturated carbocycles. The molecular formula is C14H19FN2O. The lowest BCUT2D eigenvalue weighted by atomic mass is 9.89. The molecule has 1 aromatic rings. The number of hydrogen-bond donors (Lipinski definition) is 0. The largest absolute Gasteiger partial charge is 0.342 e. The summed E-state index contributed by atoms with van der Waals surface area (Å²) in [6, 6.07) is 5.31. The van der Waals surface area contributed by atoms with E-state index in [2.05, 4.69) is 4.98 Å². The third-order valence-corrected chi connectivity index (χ3v) is 3.50. The molecule has 0 N–H and O–H groups in total. The summed E-state index contributed by atoms with van der Waals surface area (Å²) in [5.74, 6) is 0.139. The third kappa shape index (κ3) is 2.68. The minimum Gasteiger partial charge on any atom is -0.342 e. The van der Waals surface area contributed by atoms with E-state index in [1.165, 1.54) is 0 Å². The molecule has 1 fully saturated rings. The molecule has 0 radical (unpaired) electrons. The van der Waals surface area contributed by atoms with Crippen LogP contribution in [0, 0.1) is 0 Å². The fourth-order valence-corrected chi connectivity index (χ4v) is 2.37. The molecule has 1 saturated heterocycles. The molecule has 2 rings (SSSR count). The molecule has 0 aliphatic carbocycles. The van der Waals surface area contributed by atoms with Gasteiger partial charge in [0.05, 0.1) is 5.69 Å². The quantitative estimate of drug-likeness (QED) is 0.826. The molecule has 0 spiro atoms. The maximum Gasteiger partial charge on any atom is 0.222 e. The molecule has 98 valence electrons. The van der Waals surface area contributed by atoms with Crippen LogP contribution in [-0.2, 0) is 10.5 Å². The van der Waals surface area contributed by atoms with E-state index in [0.29, 0.717) is 38.0 Å². The number of carbonyl (C=O) groups excluding carboxylic acids is 1. The van der Waals surface area contributed by atoms with E-state index in [-0.39, 0.29) is 5.91 Å². The van der Waals surface area contributed by atoms with Gasteiger partial charge in [0.1, 0.15) is 0 Å². The first-order valence-corrected chi connectivity index (χ1v) is 6.54. The summed E-state index contributed by atoms with van der Waals surface area (Å²) < 4.78 is 14.7. The molecule has 1 aliphatic rings. The van der Waals surface area contributed by atoms with Gasteiger partial charge >= 0.3 is 0 Å². The number of piperidine rings is 1. The number of likely N-dealkylation sites (tertiary alicyclic amines) is 1. The normalized spacial score (nSPS) is 18.7. The van der Waals surface area contributed by atoms with E-state index in [1.54, 1.807) is 29.3 Å². The van der Waals surface area contributed by atoms with E-state index in [1.807, 2.05) is 6.92 Å². The Labute approximate surface area is 107 Å². The van der Waals surface area contributed by atoms with Gasteiger partial charge in [-0.1, -0.05) is 13.0 Å². The second-order valence-corrected chi connectivity index (χ2v) is 4.81. The van der Waals surface area contributed by atoms with Gasteiger partial charge in [-0.05, 0) is 18.6 Å². The number of hydrogen-bond acceptors (Lipinski definition) is 2. The van der Waals surface area contributed by atoms with Crippen LogP contribution in [0.1, 0.15) is 38.3 Å². The van der Waals surface area contributed by atoms with Crippen molar-refractivity contribution < 1.29 is 9.18 Å². The molecule has 0 atom stereocenters. The van der Waals surface area contributed by atoms with Gasteiger partial charge < -0.3 is 4.90 Å². The van der Waals surface area contributed by atoms with E-state index >= 15 is 0 Å². The minimum absolute atomic E-state index is 0.139. The number of alkyl halides is 1. The number of nitrogens with zero attached hydrogens (tertiary/aromatic N) is 2. The zero-order valence-electron chi connectivity index (χ0n) is 10.7.